The molecule has 0 aromatic heterocycles. The molecule has 1 nitrogen and oxygen atoms in total. The Hall–Kier alpha value is 1.70. The van der Waals surface area contributed by atoms with Crippen molar-refractivity contribution in [1.29, 1.82) is 0 Å². The molecule has 1 atom stereocenters. The Morgan fingerprint density at radius 1 is 1.00 bits per heavy atom. The number of halogens is 6. The minimum absolute atomic E-state index is 1.48. The van der Waals surface area contributed by atoms with E-state index in [0.717, 1.165) is 0 Å². The van der Waals surface area contributed by atoms with E-state index in [-0.39, 0.29) is 0 Å². The molecule has 0 N–H and O–H groups in total. The number of alkyl halides is 6. The fourth-order valence-electron chi connectivity index (χ4n) is 0.124. The number of hydrogen-bond donors (Lipinski definition) is 0. The average Bonchev–Trinajstić information content (AvgIpc) is 1.62. The Kier molecular flexibility index (Phi) is 4.22. The summed E-state index contributed by atoms with van der Waals surface area (Å²) >= 11 is 30.8. The van der Waals surface area contributed by atoms with Crippen LogP contribution in [0.1, 0.15) is 0 Å². The van der Waals surface area contributed by atoms with Gasteiger partial charge in [-0.05, 0) is 0 Å². The smallest absolute Gasteiger partial charge is 0.204 e. The van der Waals surface area contributed by atoms with E-state index in [1.54, 1.807) is 0 Å². The first-order valence-corrected chi connectivity index (χ1v) is 4.32. The maximum Gasteiger partial charge on any atom is 0.252 e. The monoisotopic (exact) mass is 263 g/mol. The molecule has 0 amide bonds. The largest absolute Gasteiger partial charge is 0.252 e. The van der Waals surface area contributed by atoms with Gasteiger partial charge in [-0.15, -0.1) is 23.2 Å². The fourth-order valence-corrected chi connectivity index (χ4v) is 1.11. The second-order valence-electron chi connectivity index (χ2n) is 1.44. The van der Waals surface area contributed by atoms with Crippen molar-refractivity contribution >= 4 is 69.6 Å². The van der Waals surface area contributed by atoms with Gasteiger partial charge in [0.25, 0.3) is 5.06 Å². The standard InChI is InChI=1S/C3HCl6O/c4-1(5)2(6,10)3(7,8)9/h1H. The molecule has 0 aromatic rings. The molecule has 1 radical (unpaired) electrons. The molecule has 10 heavy (non-hydrogen) atoms. The zero-order chi connectivity index (χ0) is 8.58. The van der Waals surface area contributed by atoms with E-state index in [4.69, 9.17) is 69.6 Å². The summed E-state index contributed by atoms with van der Waals surface area (Å²) in [4.78, 5) is -1.48. The molecule has 1 unspecified atom stereocenters. The first kappa shape index (κ1) is 11.7. The lowest BCUT2D eigenvalue weighted by atomic mass is 10.4. The summed E-state index contributed by atoms with van der Waals surface area (Å²) in [5.41, 5.74) is 0. The number of rotatable bonds is 1. The van der Waals surface area contributed by atoms with Crippen LogP contribution in [-0.2, 0) is 5.11 Å². The molecule has 0 spiro atoms. The van der Waals surface area contributed by atoms with E-state index in [1.165, 1.54) is 0 Å². The van der Waals surface area contributed by atoms with E-state index in [2.05, 4.69) is 0 Å². The van der Waals surface area contributed by atoms with Gasteiger partial charge in [-0.2, -0.15) is 0 Å². The van der Waals surface area contributed by atoms with Crippen molar-refractivity contribution in [3.63, 3.8) is 0 Å². The van der Waals surface area contributed by atoms with Crippen LogP contribution in [0, 0.1) is 0 Å². The maximum absolute atomic E-state index is 10.9. The van der Waals surface area contributed by atoms with Crippen LogP contribution in [0.3, 0.4) is 0 Å². The Morgan fingerprint density at radius 2 is 1.30 bits per heavy atom. The molecule has 0 rings (SSSR count). The van der Waals surface area contributed by atoms with Gasteiger partial charge in [-0.1, -0.05) is 46.4 Å². The highest BCUT2D eigenvalue weighted by Gasteiger charge is 2.52. The van der Waals surface area contributed by atoms with Gasteiger partial charge in [0.05, 0.1) is 0 Å². The lowest BCUT2D eigenvalue weighted by Gasteiger charge is -2.26. The molecule has 61 valence electrons. The predicted molar refractivity (Wildman–Crippen MR) is 45.1 cm³/mol. The van der Waals surface area contributed by atoms with Gasteiger partial charge in [0, 0.05) is 0 Å². The highest BCUT2D eigenvalue weighted by molar-refractivity contribution is 6.72. The molecule has 0 fully saturated rings. The van der Waals surface area contributed by atoms with Crippen molar-refractivity contribution in [3.8, 4) is 0 Å². The topological polar surface area (TPSA) is 19.9 Å². The van der Waals surface area contributed by atoms with Gasteiger partial charge in [-0.3, -0.25) is 0 Å². The molecular weight excluding hydrogens is 265 g/mol. The van der Waals surface area contributed by atoms with Crippen molar-refractivity contribution in [2.75, 3.05) is 0 Å². The van der Waals surface area contributed by atoms with Crippen LogP contribution in [0.2, 0.25) is 0 Å². The van der Waals surface area contributed by atoms with Crippen molar-refractivity contribution < 1.29 is 5.11 Å². The quantitative estimate of drug-likeness (QED) is 0.647. The van der Waals surface area contributed by atoms with Crippen LogP contribution in [0.15, 0.2) is 0 Å². The molecule has 0 aliphatic carbocycles. The van der Waals surface area contributed by atoms with Crippen LogP contribution in [0.25, 0.3) is 0 Å². The number of hydrogen-bond acceptors (Lipinski definition) is 0. The third kappa shape index (κ3) is 2.63. The molecule has 0 aliphatic heterocycles. The Balaban J connectivity index is 4.40. The van der Waals surface area contributed by atoms with Gasteiger partial charge in [-0.25, -0.2) is 5.11 Å². The van der Waals surface area contributed by atoms with Gasteiger partial charge >= 0.3 is 0 Å². The minimum Gasteiger partial charge on any atom is -0.204 e. The molecule has 7 heteroatoms. The van der Waals surface area contributed by atoms with Crippen LogP contribution >= 0.6 is 69.6 Å². The van der Waals surface area contributed by atoms with E-state index in [0.29, 0.717) is 0 Å². The Morgan fingerprint density at radius 3 is 1.30 bits per heavy atom. The van der Waals surface area contributed by atoms with Crippen LogP contribution in [0.4, 0.5) is 0 Å². The van der Waals surface area contributed by atoms with E-state index >= 15 is 0 Å². The summed E-state index contributed by atoms with van der Waals surface area (Å²) in [6, 6.07) is 0. The highest BCUT2D eigenvalue weighted by Crippen LogP contribution is 2.46. The minimum atomic E-state index is -2.51. The van der Waals surface area contributed by atoms with Crippen LogP contribution in [-0.4, -0.2) is 13.7 Å². The van der Waals surface area contributed by atoms with E-state index in [1.807, 2.05) is 0 Å². The lowest BCUT2D eigenvalue weighted by molar-refractivity contribution is 0.0628. The molecular formula is C3HCl6O. The summed E-state index contributed by atoms with van der Waals surface area (Å²) in [5.74, 6) is 0. The van der Waals surface area contributed by atoms with Gasteiger partial charge in [0.15, 0.2) is 4.84 Å². The van der Waals surface area contributed by atoms with Gasteiger partial charge < -0.3 is 0 Å². The van der Waals surface area contributed by atoms with Gasteiger partial charge in [0.2, 0.25) is 3.79 Å². The lowest BCUT2D eigenvalue weighted by Crippen LogP contribution is -2.41. The second-order valence-corrected chi connectivity index (χ2v) is 5.38. The fraction of sp³-hybridized carbons (Fsp3) is 1.00. The first-order valence-electron chi connectivity index (χ1n) is 1.94. The summed E-state index contributed by atoms with van der Waals surface area (Å²) in [5, 5.41) is 8.42. The molecule has 0 aromatic carbocycles. The highest BCUT2D eigenvalue weighted by atomic mass is 35.6. The van der Waals surface area contributed by atoms with Crippen molar-refractivity contribution in [2.45, 2.75) is 13.7 Å². The van der Waals surface area contributed by atoms with Crippen molar-refractivity contribution in [3.05, 3.63) is 0 Å². The molecule has 0 bridgehead atoms. The summed E-state index contributed by atoms with van der Waals surface area (Å²) < 4.78 is -2.22. The third-order valence-corrected chi connectivity index (χ3v) is 3.14. The summed E-state index contributed by atoms with van der Waals surface area (Å²) in [6.07, 6.45) is 0. The Bertz CT molecular complexity index is 115. The Labute approximate surface area is 88.1 Å². The zero-order valence-corrected chi connectivity index (χ0v) is 8.79. The van der Waals surface area contributed by atoms with Crippen LogP contribution in [0.5, 0.6) is 0 Å². The molecule has 0 saturated carbocycles. The van der Waals surface area contributed by atoms with Crippen LogP contribution < -0.4 is 0 Å². The zero-order valence-electron chi connectivity index (χ0n) is 4.25. The van der Waals surface area contributed by atoms with Gasteiger partial charge in [0.1, 0.15) is 0 Å². The third-order valence-electron chi connectivity index (χ3n) is 0.667. The average molecular weight is 266 g/mol. The SMILES string of the molecule is [O]C(Cl)(C(Cl)Cl)C(Cl)(Cl)Cl. The first-order chi connectivity index (χ1) is 4.19. The predicted octanol–water partition coefficient (Wildman–Crippen LogP) is 3.53. The second kappa shape index (κ2) is 3.61. The normalized spacial score (nSPS) is 19.2. The van der Waals surface area contributed by atoms with E-state index in [9.17, 15) is 5.11 Å². The molecule has 0 saturated heterocycles. The summed E-state index contributed by atoms with van der Waals surface area (Å²) in [6.45, 7) is 0. The van der Waals surface area contributed by atoms with Crippen molar-refractivity contribution in [1.82, 2.24) is 0 Å². The maximum atomic E-state index is 10.9. The van der Waals surface area contributed by atoms with E-state index < -0.39 is 13.7 Å². The molecule has 0 heterocycles. The summed E-state index contributed by atoms with van der Waals surface area (Å²) in [7, 11) is 0. The van der Waals surface area contributed by atoms with Crippen molar-refractivity contribution in [2.24, 2.45) is 0 Å². The molecule has 0 aliphatic rings.